The molecule has 1 saturated carbocycles. The normalized spacial score (nSPS) is 14.3. The van der Waals surface area contributed by atoms with Gasteiger partial charge in [0.1, 0.15) is 18.3 Å². The Kier molecular flexibility index (Phi) is 10.3. The Bertz CT molecular complexity index is 1430. The number of anilines is 1. The molecule has 2 amide bonds. The second-order valence-corrected chi connectivity index (χ2v) is 12.3. The van der Waals surface area contributed by atoms with Crippen molar-refractivity contribution in [2.45, 2.75) is 63.1 Å². The monoisotopic (exact) mass is 597 g/mol. The number of para-hydroxylation sites is 1. The molecule has 218 valence electrons. The molecule has 0 bridgehead atoms. The van der Waals surface area contributed by atoms with E-state index >= 15 is 0 Å². The van der Waals surface area contributed by atoms with Gasteiger partial charge in [-0.05, 0) is 74.7 Å². The van der Waals surface area contributed by atoms with Crippen molar-refractivity contribution in [3.8, 4) is 5.75 Å². The number of benzene rings is 3. The van der Waals surface area contributed by atoms with Crippen LogP contribution >= 0.6 is 11.6 Å². The summed E-state index contributed by atoms with van der Waals surface area (Å²) in [6.07, 6.45) is 3.91. The number of amides is 2. The number of nitrogens with zero attached hydrogens (tertiary/aromatic N) is 2. The third-order valence-electron chi connectivity index (χ3n) is 7.21. The molecule has 1 atom stereocenters. The Morgan fingerprint density at radius 1 is 0.976 bits per heavy atom. The van der Waals surface area contributed by atoms with Crippen molar-refractivity contribution in [2.24, 2.45) is 0 Å². The molecule has 1 fully saturated rings. The highest BCUT2D eigenvalue weighted by atomic mass is 35.5. The van der Waals surface area contributed by atoms with Gasteiger partial charge in [-0.1, -0.05) is 60.8 Å². The fourth-order valence-corrected chi connectivity index (χ4v) is 6.52. The SMILES string of the molecule is CCOc1ccc(S(=O)(=O)N(CC(=O)N(Cc2ccccc2Cl)[C@H](C)C(=O)NC2CCCC2)c2ccccc2)cc1. The van der Waals surface area contributed by atoms with Gasteiger partial charge in [0.2, 0.25) is 11.8 Å². The molecule has 4 rings (SSSR count). The molecular formula is C31H36ClN3O5S. The van der Waals surface area contributed by atoms with Crippen LogP contribution in [0.2, 0.25) is 5.02 Å². The van der Waals surface area contributed by atoms with Crippen molar-refractivity contribution in [2.75, 3.05) is 17.5 Å². The first kappa shape index (κ1) is 30.4. The summed E-state index contributed by atoms with van der Waals surface area (Å²) in [5.41, 5.74) is 0.985. The van der Waals surface area contributed by atoms with Gasteiger partial charge in [0.05, 0.1) is 17.2 Å². The number of hydrogen-bond acceptors (Lipinski definition) is 5. The Labute approximate surface area is 247 Å². The summed E-state index contributed by atoms with van der Waals surface area (Å²) in [5, 5.41) is 3.52. The zero-order valence-corrected chi connectivity index (χ0v) is 24.9. The van der Waals surface area contributed by atoms with Gasteiger partial charge in [0.25, 0.3) is 10.0 Å². The van der Waals surface area contributed by atoms with Crippen molar-refractivity contribution < 1.29 is 22.7 Å². The number of ether oxygens (including phenoxy) is 1. The van der Waals surface area contributed by atoms with Crippen LogP contribution in [0.5, 0.6) is 5.75 Å². The minimum atomic E-state index is -4.16. The van der Waals surface area contributed by atoms with Crippen LogP contribution in [0.1, 0.15) is 45.1 Å². The van der Waals surface area contributed by atoms with E-state index in [1.807, 2.05) is 6.92 Å². The molecule has 0 unspecified atom stereocenters. The fourth-order valence-electron chi connectivity index (χ4n) is 4.91. The van der Waals surface area contributed by atoms with Gasteiger partial charge < -0.3 is 15.0 Å². The molecule has 0 spiro atoms. The van der Waals surface area contributed by atoms with Crippen molar-refractivity contribution in [1.82, 2.24) is 10.2 Å². The van der Waals surface area contributed by atoms with Crippen molar-refractivity contribution >= 4 is 39.1 Å². The summed E-state index contributed by atoms with van der Waals surface area (Å²) in [5.74, 6) is -0.267. The third-order valence-corrected chi connectivity index (χ3v) is 9.37. The lowest BCUT2D eigenvalue weighted by Crippen LogP contribution is -2.52. The smallest absolute Gasteiger partial charge is 0.264 e. The molecule has 0 aliphatic heterocycles. The second kappa shape index (κ2) is 13.9. The van der Waals surface area contributed by atoms with Crippen molar-refractivity contribution in [1.29, 1.82) is 0 Å². The molecule has 0 aromatic heterocycles. The molecule has 8 nitrogen and oxygen atoms in total. The van der Waals surface area contributed by atoms with E-state index in [1.54, 1.807) is 73.7 Å². The molecule has 1 aliphatic carbocycles. The number of carbonyl (C=O) groups excluding carboxylic acids is 2. The molecule has 0 radical (unpaired) electrons. The molecule has 10 heteroatoms. The molecule has 1 N–H and O–H groups in total. The van der Waals surface area contributed by atoms with Crippen LogP contribution in [0.4, 0.5) is 5.69 Å². The lowest BCUT2D eigenvalue weighted by molar-refractivity contribution is -0.139. The van der Waals surface area contributed by atoms with E-state index in [0.717, 1.165) is 30.0 Å². The Morgan fingerprint density at radius 3 is 2.24 bits per heavy atom. The molecule has 0 saturated heterocycles. The van der Waals surface area contributed by atoms with Crippen LogP contribution < -0.4 is 14.4 Å². The highest BCUT2D eigenvalue weighted by Gasteiger charge is 2.33. The van der Waals surface area contributed by atoms with Crippen molar-refractivity contribution in [3.63, 3.8) is 0 Å². The zero-order valence-electron chi connectivity index (χ0n) is 23.3. The van der Waals surface area contributed by atoms with Gasteiger partial charge >= 0.3 is 0 Å². The van der Waals surface area contributed by atoms with Gasteiger partial charge in [-0.2, -0.15) is 0 Å². The third kappa shape index (κ3) is 7.59. The molecule has 41 heavy (non-hydrogen) atoms. The second-order valence-electron chi connectivity index (χ2n) is 10.0. The van der Waals surface area contributed by atoms with E-state index in [0.29, 0.717) is 28.6 Å². The molecular weight excluding hydrogens is 562 g/mol. The first-order valence-electron chi connectivity index (χ1n) is 13.8. The maximum Gasteiger partial charge on any atom is 0.264 e. The van der Waals surface area contributed by atoms with Crippen LogP contribution in [0.3, 0.4) is 0 Å². The Hall–Kier alpha value is -3.56. The summed E-state index contributed by atoms with van der Waals surface area (Å²) in [6, 6.07) is 20.8. The summed E-state index contributed by atoms with van der Waals surface area (Å²) in [6.45, 7) is 3.49. The van der Waals surface area contributed by atoms with E-state index in [-0.39, 0.29) is 23.4 Å². The highest BCUT2D eigenvalue weighted by Crippen LogP contribution is 2.27. The van der Waals surface area contributed by atoms with Gasteiger partial charge in [0.15, 0.2) is 0 Å². The van der Waals surface area contributed by atoms with E-state index in [2.05, 4.69) is 5.32 Å². The molecule has 0 heterocycles. The number of hydrogen-bond donors (Lipinski definition) is 1. The maximum absolute atomic E-state index is 14.0. The minimum absolute atomic E-state index is 0.0160. The lowest BCUT2D eigenvalue weighted by Gasteiger charge is -2.32. The summed E-state index contributed by atoms with van der Waals surface area (Å²) in [4.78, 5) is 28.7. The number of sulfonamides is 1. The van der Waals surface area contributed by atoms with Crippen LogP contribution in [0.15, 0.2) is 83.8 Å². The fraction of sp³-hybridized carbons (Fsp3) is 0.355. The Morgan fingerprint density at radius 2 is 1.61 bits per heavy atom. The van der Waals surface area contributed by atoms with E-state index in [1.165, 1.54) is 17.0 Å². The first-order valence-corrected chi connectivity index (χ1v) is 15.7. The van der Waals surface area contributed by atoms with Gasteiger partial charge in [-0.3, -0.25) is 13.9 Å². The summed E-state index contributed by atoms with van der Waals surface area (Å²) < 4.78 is 34.4. The minimum Gasteiger partial charge on any atom is -0.494 e. The van der Waals surface area contributed by atoms with E-state index in [9.17, 15) is 18.0 Å². The largest absolute Gasteiger partial charge is 0.494 e. The lowest BCUT2D eigenvalue weighted by atomic mass is 10.1. The maximum atomic E-state index is 14.0. The molecule has 3 aromatic rings. The van der Waals surface area contributed by atoms with Gasteiger partial charge in [-0.25, -0.2) is 8.42 Å². The average molecular weight is 598 g/mol. The first-order chi connectivity index (χ1) is 19.7. The topological polar surface area (TPSA) is 96.0 Å². The molecule has 3 aromatic carbocycles. The van der Waals surface area contributed by atoms with E-state index in [4.69, 9.17) is 16.3 Å². The summed E-state index contributed by atoms with van der Waals surface area (Å²) in [7, 11) is -4.16. The predicted molar refractivity (Wildman–Crippen MR) is 160 cm³/mol. The van der Waals surface area contributed by atoms with Gasteiger partial charge in [0, 0.05) is 17.6 Å². The van der Waals surface area contributed by atoms with Gasteiger partial charge in [-0.15, -0.1) is 0 Å². The summed E-state index contributed by atoms with van der Waals surface area (Å²) >= 11 is 6.43. The number of rotatable bonds is 12. The van der Waals surface area contributed by atoms with Crippen LogP contribution in [0, 0.1) is 0 Å². The Balaban J connectivity index is 1.66. The average Bonchev–Trinajstić information content (AvgIpc) is 3.49. The van der Waals surface area contributed by atoms with Crippen LogP contribution in [-0.2, 0) is 26.2 Å². The number of halogens is 1. The van der Waals surface area contributed by atoms with Crippen LogP contribution in [0.25, 0.3) is 0 Å². The zero-order chi connectivity index (χ0) is 29.4. The van der Waals surface area contributed by atoms with Crippen molar-refractivity contribution in [3.05, 3.63) is 89.4 Å². The highest BCUT2D eigenvalue weighted by molar-refractivity contribution is 7.92. The molecule has 1 aliphatic rings. The standard InChI is InChI=1S/C31H36ClN3O5S/c1-3-40-27-17-19-28(20-18-27)41(38,39)35(26-14-5-4-6-15-26)22-30(36)34(21-24-11-7-10-16-29(24)32)23(2)31(37)33-25-12-8-9-13-25/h4-7,10-11,14-20,23,25H,3,8-9,12-13,21-22H2,1-2H3,(H,33,37)/t23-/m1/s1. The number of nitrogens with one attached hydrogen (secondary N) is 1. The van der Waals surface area contributed by atoms with Crippen LogP contribution in [-0.4, -0.2) is 50.4 Å². The quantitative estimate of drug-likeness (QED) is 0.301. The number of carbonyl (C=O) groups is 2. The predicted octanol–water partition coefficient (Wildman–Crippen LogP) is 5.41. The van der Waals surface area contributed by atoms with E-state index < -0.39 is 28.5 Å².